The average molecular weight is 284 g/mol. The van der Waals surface area contributed by atoms with E-state index >= 15 is 0 Å². The Morgan fingerprint density at radius 3 is 2.80 bits per heavy atom. The summed E-state index contributed by atoms with van der Waals surface area (Å²) in [5, 5.41) is 2.80. The van der Waals surface area contributed by atoms with Crippen LogP contribution in [0.25, 0.3) is 0 Å². The molecule has 1 N–H and O–H groups in total. The van der Waals surface area contributed by atoms with Crippen molar-refractivity contribution in [3.05, 3.63) is 29.8 Å². The van der Waals surface area contributed by atoms with Crippen molar-refractivity contribution in [3.8, 4) is 0 Å². The molecule has 1 fully saturated rings. The minimum atomic E-state index is -0.578. The number of hydrogen-bond acceptors (Lipinski definition) is 3. The summed E-state index contributed by atoms with van der Waals surface area (Å²) in [7, 11) is 0. The number of amides is 1. The lowest BCUT2D eigenvalue weighted by molar-refractivity contribution is -0.126. The van der Waals surface area contributed by atoms with E-state index < -0.39 is 11.6 Å². The van der Waals surface area contributed by atoms with Gasteiger partial charge in [-0.05, 0) is 25.5 Å². The molecule has 1 amide bonds. The van der Waals surface area contributed by atoms with Crippen molar-refractivity contribution in [1.82, 2.24) is 5.32 Å². The Bertz CT molecular complexity index is 462. The van der Waals surface area contributed by atoms with Gasteiger partial charge in [0, 0.05) is 25.7 Å². The van der Waals surface area contributed by atoms with Gasteiger partial charge in [-0.1, -0.05) is 6.07 Å². The van der Waals surface area contributed by atoms with Crippen molar-refractivity contribution in [2.45, 2.75) is 19.4 Å². The lowest BCUT2D eigenvalue weighted by atomic mass is 10.2. The van der Waals surface area contributed by atoms with Crippen LogP contribution in [-0.2, 0) is 9.53 Å². The molecular weight excluding hydrogens is 266 g/mol. The number of benzene rings is 1. The largest absolute Gasteiger partial charge is 0.372 e. The Labute approximate surface area is 116 Å². The number of para-hydroxylation sites is 1. The molecule has 1 aliphatic heterocycles. The van der Waals surface area contributed by atoms with Crippen LogP contribution in [0.1, 0.15) is 13.3 Å². The first-order chi connectivity index (χ1) is 9.61. The van der Waals surface area contributed by atoms with Crippen LogP contribution >= 0.6 is 0 Å². The number of halogens is 2. The van der Waals surface area contributed by atoms with Crippen molar-refractivity contribution >= 4 is 11.6 Å². The molecule has 0 bridgehead atoms. The van der Waals surface area contributed by atoms with Gasteiger partial charge in [0.1, 0.15) is 23.9 Å². The third kappa shape index (κ3) is 3.45. The van der Waals surface area contributed by atoms with Crippen LogP contribution in [0.5, 0.6) is 0 Å². The highest BCUT2D eigenvalue weighted by Crippen LogP contribution is 2.26. The van der Waals surface area contributed by atoms with Gasteiger partial charge in [-0.15, -0.1) is 0 Å². The van der Waals surface area contributed by atoms with Gasteiger partial charge in [-0.3, -0.25) is 4.79 Å². The number of carbonyl (C=O) groups is 1. The summed E-state index contributed by atoms with van der Waals surface area (Å²) in [6, 6.07) is 3.70. The van der Waals surface area contributed by atoms with Gasteiger partial charge < -0.3 is 15.0 Å². The van der Waals surface area contributed by atoms with Crippen molar-refractivity contribution in [2.75, 3.05) is 31.2 Å². The average Bonchev–Trinajstić information content (AvgIpc) is 2.84. The first kappa shape index (κ1) is 14.7. The number of nitrogens with zero attached hydrogens (tertiary/aromatic N) is 1. The van der Waals surface area contributed by atoms with E-state index in [-0.39, 0.29) is 24.2 Å². The van der Waals surface area contributed by atoms with E-state index in [0.29, 0.717) is 26.1 Å². The Kier molecular flexibility index (Phi) is 4.89. The predicted molar refractivity (Wildman–Crippen MR) is 71.6 cm³/mol. The van der Waals surface area contributed by atoms with Gasteiger partial charge in [0.25, 0.3) is 0 Å². The SMILES string of the molecule is CCOCC(=O)N[C@@H]1CCN(c2c(F)cccc2F)C1. The quantitative estimate of drug-likeness (QED) is 0.894. The highest BCUT2D eigenvalue weighted by Gasteiger charge is 2.27. The van der Waals surface area contributed by atoms with E-state index in [1.807, 2.05) is 6.92 Å². The predicted octanol–water partition coefficient (Wildman–Crippen LogP) is 1.70. The van der Waals surface area contributed by atoms with Gasteiger partial charge in [0.15, 0.2) is 0 Å². The maximum Gasteiger partial charge on any atom is 0.246 e. The van der Waals surface area contributed by atoms with Gasteiger partial charge in [-0.25, -0.2) is 8.78 Å². The summed E-state index contributed by atoms with van der Waals surface area (Å²) in [6.45, 7) is 3.21. The van der Waals surface area contributed by atoms with E-state index in [2.05, 4.69) is 5.32 Å². The molecular formula is C14H18F2N2O2. The summed E-state index contributed by atoms with van der Waals surface area (Å²) in [5.74, 6) is -1.36. The number of nitrogens with one attached hydrogen (secondary N) is 1. The number of hydrogen-bond donors (Lipinski definition) is 1. The smallest absolute Gasteiger partial charge is 0.246 e. The lowest BCUT2D eigenvalue weighted by Crippen LogP contribution is -2.39. The second kappa shape index (κ2) is 6.65. The second-order valence-electron chi connectivity index (χ2n) is 4.71. The molecule has 0 unspecified atom stereocenters. The summed E-state index contributed by atoms with van der Waals surface area (Å²) >= 11 is 0. The number of anilines is 1. The monoisotopic (exact) mass is 284 g/mol. The topological polar surface area (TPSA) is 41.6 Å². The fourth-order valence-corrected chi connectivity index (χ4v) is 2.34. The molecule has 1 aromatic carbocycles. The molecule has 4 nitrogen and oxygen atoms in total. The fraction of sp³-hybridized carbons (Fsp3) is 0.500. The molecule has 0 radical (unpaired) electrons. The van der Waals surface area contributed by atoms with E-state index in [9.17, 15) is 13.6 Å². The van der Waals surface area contributed by atoms with Crippen LogP contribution in [0.15, 0.2) is 18.2 Å². The molecule has 0 saturated carbocycles. The zero-order valence-electron chi connectivity index (χ0n) is 11.4. The minimum absolute atomic E-state index is 0.0149. The normalized spacial score (nSPS) is 18.4. The molecule has 110 valence electrons. The maximum absolute atomic E-state index is 13.7. The van der Waals surface area contributed by atoms with Crippen molar-refractivity contribution in [1.29, 1.82) is 0 Å². The number of rotatable bonds is 5. The van der Waals surface area contributed by atoms with Crippen LogP contribution in [0, 0.1) is 11.6 Å². The van der Waals surface area contributed by atoms with E-state index in [0.717, 1.165) is 0 Å². The fourth-order valence-electron chi connectivity index (χ4n) is 2.34. The maximum atomic E-state index is 13.7. The first-order valence-corrected chi connectivity index (χ1v) is 6.68. The molecule has 1 aromatic rings. The number of carbonyl (C=O) groups excluding carboxylic acids is 1. The van der Waals surface area contributed by atoms with Crippen molar-refractivity contribution in [2.24, 2.45) is 0 Å². The summed E-state index contributed by atoms with van der Waals surface area (Å²) in [4.78, 5) is 13.2. The van der Waals surface area contributed by atoms with Gasteiger partial charge in [0.2, 0.25) is 5.91 Å². The molecule has 0 spiro atoms. The summed E-state index contributed by atoms with van der Waals surface area (Å²) < 4.78 is 32.3. The molecule has 1 aliphatic rings. The third-order valence-electron chi connectivity index (χ3n) is 3.24. The zero-order chi connectivity index (χ0) is 14.5. The lowest BCUT2D eigenvalue weighted by Gasteiger charge is -2.20. The van der Waals surface area contributed by atoms with E-state index in [1.165, 1.54) is 18.2 Å². The van der Waals surface area contributed by atoms with E-state index in [4.69, 9.17) is 4.74 Å². The second-order valence-corrected chi connectivity index (χ2v) is 4.71. The van der Waals surface area contributed by atoms with Crippen LogP contribution < -0.4 is 10.2 Å². The molecule has 6 heteroatoms. The Morgan fingerprint density at radius 1 is 1.45 bits per heavy atom. The van der Waals surface area contributed by atoms with Gasteiger partial charge in [0.05, 0.1) is 0 Å². The third-order valence-corrected chi connectivity index (χ3v) is 3.24. The Hall–Kier alpha value is -1.69. The first-order valence-electron chi connectivity index (χ1n) is 6.68. The van der Waals surface area contributed by atoms with Crippen LogP contribution in [0.3, 0.4) is 0 Å². The summed E-state index contributed by atoms with van der Waals surface area (Å²) in [6.07, 6.45) is 0.658. The standard InChI is InChI=1S/C14H18F2N2O2/c1-2-20-9-13(19)17-10-6-7-18(8-10)14-11(15)4-3-5-12(14)16/h3-5,10H,2,6-9H2,1H3,(H,17,19)/t10-/m1/s1. The minimum Gasteiger partial charge on any atom is -0.372 e. The molecule has 0 aliphatic carbocycles. The van der Waals surface area contributed by atoms with Crippen LogP contribution in [-0.4, -0.2) is 38.3 Å². The van der Waals surface area contributed by atoms with E-state index in [1.54, 1.807) is 4.90 Å². The highest BCUT2D eigenvalue weighted by molar-refractivity contribution is 5.77. The highest BCUT2D eigenvalue weighted by atomic mass is 19.1. The van der Waals surface area contributed by atoms with Gasteiger partial charge >= 0.3 is 0 Å². The molecule has 0 aromatic heterocycles. The summed E-state index contributed by atoms with van der Waals surface area (Å²) in [5.41, 5.74) is -0.0194. The molecule has 20 heavy (non-hydrogen) atoms. The van der Waals surface area contributed by atoms with Crippen LogP contribution in [0.2, 0.25) is 0 Å². The number of ether oxygens (including phenoxy) is 1. The molecule has 1 saturated heterocycles. The molecule has 1 heterocycles. The van der Waals surface area contributed by atoms with Crippen molar-refractivity contribution in [3.63, 3.8) is 0 Å². The Morgan fingerprint density at radius 2 is 2.15 bits per heavy atom. The zero-order valence-corrected chi connectivity index (χ0v) is 11.4. The van der Waals surface area contributed by atoms with Crippen LogP contribution in [0.4, 0.5) is 14.5 Å². The molecule has 2 rings (SSSR count). The Balaban J connectivity index is 1.94. The van der Waals surface area contributed by atoms with Gasteiger partial charge in [-0.2, -0.15) is 0 Å². The molecule has 1 atom stereocenters. The van der Waals surface area contributed by atoms with Crippen molar-refractivity contribution < 1.29 is 18.3 Å².